The van der Waals surface area contributed by atoms with Crippen molar-refractivity contribution in [3.63, 3.8) is 0 Å². The van der Waals surface area contributed by atoms with Gasteiger partial charge >= 0.3 is 5.97 Å². The molecule has 164 valence electrons. The van der Waals surface area contributed by atoms with Gasteiger partial charge in [-0.25, -0.2) is 9.79 Å². The molecule has 0 unspecified atom stereocenters. The summed E-state index contributed by atoms with van der Waals surface area (Å²) in [7, 11) is 0. The maximum Gasteiger partial charge on any atom is 0.335 e. The summed E-state index contributed by atoms with van der Waals surface area (Å²) in [5, 5.41) is 0. The standard InChI is InChI=1S/C26H27N3O3/c1-2-32-24(31)21-16-20-15-19(9-10-22(20)28-25(27)26(21)11-12-26)17-5-7-18(8-6-17)23(30)29-13-3-4-14-29/h5-10,15-16H,2-4,11-14H2,1H3,(H2,27,28). The van der Waals surface area contributed by atoms with E-state index in [4.69, 9.17) is 10.5 Å². The number of hydrogen-bond donors (Lipinski definition) is 1. The van der Waals surface area contributed by atoms with E-state index in [2.05, 4.69) is 4.99 Å². The van der Waals surface area contributed by atoms with Crippen LogP contribution in [0.2, 0.25) is 0 Å². The number of aliphatic imine (C=N–C) groups is 1. The van der Waals surface area contributed by atoms with Gasteiger partial charge in [0.25, 0.3) is 5.91 Å². The minimum atomic E-state index is -0.497. The molecule has 1 saturated carbocycles. The summed E-state index contributed by atoms with van der Waals surface area (Å²) in [6, 6.07) is 13.7. The molecular weight excluding hydrogens is 402 g/mol. The topological polar surface area (TPSA) is 85.0 Å². The number of esters is 1. The summed E-state index contributed by atoms with van der Waals surface area (Å²) >= 11 is 0. The first-order valence-corrected chi connectivity index (χ1v) is 11.3. The molecule has 0 bridgehead atoms. The molecule has 0 radical (unpaired) electrons. The average Bonchev–Trinajstić information content (AvgIpc) is 3.45. The lowest BCUT2D eigenvalue weighted by atomic mass is 9.92. The molecule has 2 fully saturated rings. The van der Waals surface area contributed by atoms with Gasteiger partial charge in [0.1, 0.15) is 5.84 Å². The summed E-state index contributed by atoms with van der Waals surface area (Å²) in [6.07, 6.45) is 5.65. The van der Waals surface area contributed by atoms with E-state index in [0.29, 0.717) is 23.6 Å². The third-order valence-electron chi connectivity index (χ3n) is 6.68. The number of amides is 1. The molecule has 1 amide bonds. The Bertz CT molecular complexity index is 1140. The van der Waals surface area contributed by atoms with E-state index >= 15 is 0 Å². The van der Waals surface area contributed by atoms with Crippen molar-refractivity contribution in [1.82, 2.24) is 4.90 Å². The number of fused-ring (bicyclic) bond motifs is 1. The van der Waals surface area contributed by atoms with Gasteiger partial charge in [-0.1, -0.05) is 18.2 Å². The summed E-state index contributed by atoms with van der Waals surface area (Å²) in [5.74, 6) is 0.247. The van der Waals surface area contributed by atoms with E-state index in [1.54, 1.807) is 6.92 Å². The Morgan fingerprint density at radius 3 is 2.41 bits per heavy atom. The molecule has 2 N–H and O–H groups in total. The fraction of sp³-hybridized carbons (Fsp3) is 0.346. The van der Waals surface area contributed by atoms with E-state index in [0.717, 1.165) is 61.2 Å². The van der Waals surface area contributed by atoms with E-state index in [1.807, 2.05) is 53.4 Å². The van der Waals surface area contributed by atoms with Crippen LogP contribution in [0.25, 0.3) is 17.2 Å². The second-order valence-electron chi connectivity index (χ2n) is 8.71. The number of nitrogens with zero attached hydrogens (tertiary/aromatic N) is 2. The lowest BCUT2D eigenvalue weighted by molar-refractivity contribution is -0.138. The molecule has 1 aliphatic carbocycles. The first kappa shape index (κ1) is 20.5. The van der Waals surface area contributed by atoms with Crippen molar-refractivity contribution in [3.8, 4) is 11.1 Å². The Balaban J connectivity index is 1.48. The van der Waals surface area contributed by atoms with E-state index in [1.165, 1.54) is 0 Å². The maximum absolute atomic E-state index is 12.7. The Hall–Kier alpha value is -3.41. The van der Waals surface area contributed by atoms with Crippen LogP contribution in [0.1, 0.15) is 48.5 Å². The number of carbonyl (C=O) groups is 2. The minimum absolute atomic E-state index is 0.0949. The molecule has 2 aromatic carbocycles. The first-order valence-electron chi connectivity index (χ1n) is 11.3. The molecule has 1 saturated heterocycles. The normalized spacial score (nSPS) is 18.5. The highest BCUT2D eigenvalue weighted by atomic mass is 16.5. The molecular formula is C26H27N3O3. The zero-order valence-electron chi connectivity index (χ0n) is 18.3. The van der Waals surface area contributed by atoms with Crippen molar-refractivity contribution in [2.75, 3.05) is 19.7 Å². The van der Waals surface area contributed by atoms with Crippen LogP contribution < -0.4 is 5.73 Å². The van der Waals surface area contributed by atoms with Gasteiger partial charge in [0.05, 0.1) is 23.3 Å². The van der Waals surface area contributed by atoms with Crippen molar-refractivity contribution in [1.29, 1.82) is 0 Å². The Kier molecular flexibility index (Phi) is 5.08. The first-order chi connectivity index (χ1) is 15.5. The third-order valence-corrected chi connectivity index (χ3v) is 6.68. The molecule has 1 spiro atoms. The van der Waals surface area contributed by atoms with Gasteiger partial charge in [-0.05, 0) is 74.1 Å². The van der Waals surface area contributed by atoms with Crippen LogP contribution in [0.3, 0.4) is 0 Å². The number of amidine groups is 1. The Morgan fingerprint density at radius 2 is 1.75 bits per heavy atom. The predicted molar refractivity (Wildman–Crippen MR) is 125 cm³/mol. The third kappa shape index (κ3) is 3.49. The molecule has 0 atom stereocenters. The predicted octanol–water partition coefficient (Wildman–Crippen LogP) is 4.32. The smallest absolute Gasteiger partial charge is 0.335 e. The van der Waals surface area contributed by atoms with Crippen LogP contribution in [0.15, 0.2) is 53.0 Å². The summed E-state index contributed by atoms with van der Waals surface area (Å²) in [5.41, 5.74) is 10.7. The fourth-order valence-electron chi connectivity index (χ4n) is 4.64. The zero-order valence-corrected chi connectivity index (χ0v) is 18.3. The zero-order chi connectivity index (χ0) is 22.3. The Morgan fingerprint density at radius 1 is 1.06 bits per heavy atom. The molecule has 0 aromatic heterocycles. The van der Waals surface area contributed by atoms with Gasteiger partial charge in [0.2, 0.25) is 0 Å². The van der Waals surface area contributed by atoms with Gasteiger partial charge in [-0.2, -0.15) is 0 Å². The number of hydrogen-bond acceptors (Lipinski definition) is 5. The number of nitrogens with two attached hydrogens (primary N) is 1. The van der Waals surface area contributed by atoms with Crippen LogP contribution in [-0.2, 0) is 9.53 Å². The summed E-state index contributed by atoms with van der Waals surface area (Å²) < 4.78 is 5.31. The van der Waals surface area contributed by atoms with Crippen LogP contribution in [0, 0.1) is 5.41 Å². The molecule has 2 aromatic rings. The van der Waals surface area contributed by atoms with E-state index in [-0.39, 0.29) is 11.9 Å². The highest BCUT2D eigenvalue weighted by Crippen LogP contribution is 2.55. The largest absolute Gasteiger partial charge is 0.463 e. The van der Waals surface area contributed by atoms with Gasteiger partial charge < -0.3 is 15.4 Å². The molecule has 6 heteroatoms. The molecule has 5 rings (SSSR count). The van der Waals surface area contributed by atoms with Gasteiger partial charge in [-0.15, -0.1) is 0 Å². The van der Waals surface area contributed by atoms with Crippen molar-refractivity contribution in [2.24, 2.45) is 16.1 Å². The molecule has 2 aliphatic heterocycles. The number of carbonyl (C=O) groups excluding carboxylic acids is 2. The van der Waals surface area contributed by atoms with Crippen molar-refractivity contribution >= 4 is 29.5 Å². The number of benzene rings is 2. The van der Waals surface area contributed by atoms with Crippen LogP contribution in [0.5, 0.6) is 0 Å². The van der Waals surface area contributed by atoms with E-state index in [9.17, 15) is 9.59 Å². The summed E-state index contributed by atoms with van der Waals surface area (Å²) in [4.78, 5) is 31.9. The lowest BCUT2D eigenvalue weighted by Gasteiger charge is -2.16. The monoisotopic (exact) mass is 429 g/mol. The van der Waals surface area contributed by atoms with Crippen LogP contribution in [-0.4, -0.2) is 42.3 Å². The van der Waals surface area contributed by atoms with E-state index < -0.39 is 5.41 Å². The molecule has 6 nitrogen and oxygen atoms in total. The molecule has 2 heterocycles. The molecule has 32 heavy (non-hydrogen) atoms. The van der Waals surface area contributed by atoms with Gasteiger partial charge in [0.15, 0.2) is 0 Å². The average molecular weight is 430 g/mol. The SMILES string of the molecule is CCOC(=O)C1=Cc2cc(-c3ccc(C(=O)N4CCCC4)cc3)ccc2N=C(N)C12CC2. The van der Waals surface area contributed by atoms with Crippen LogP contribution >= 0.6 is 0 Å². The highest BCUT2D eigenvalue weighted by molar-refractivity contribution is 6.09. The van der Waals surface area contributed by atoms with Crippen molar-refractivity contribution in [3.05, 3.63) is 59.2 Å². The second-order valence-corrected chi connectivity index (χ2v) is 8.71. The minimum Gasteiger partial charge on any atom is -0.463 e. The van der Waals surface area contributed by atoms with Gasteiger partial charge in [-0.3, -0.25) is 4.79 Å². The quantitative estimate of drug-likeness (QED) is 0.734. The fourth-order valence-corrected chi connectivity index (χ4v) is 4.64. The number of ether oxygens (including phenoxy) is 1. The number of rotatable bonds is 4. The maximum atomic E-state index is 12.7. The number of likely N-dealkylation sites (tertiary alicyclic amines) is 1. The van der Waals surface area contributed by atoms with Gasteiger partial charge in [0, 0.05) is 24.2 Å². The lowest BCUT2D eigenvalue weighted by Crippen LogP contribution is -2.30. The second kappa shape index (κ2) is 7.93. The van der Waals surface area contributed by atoms with Crippen molar-refractivity contribution in [2.45, 2.75) is 32.6 Å². The summed E-state index contributed by atoms with van der Waals surface area (Å²) in [6.45, 7) is 3.80. The Labute approximate surface area is 187 Å². The molecule has 3 aliphatic rings. The van der Waals surface area contributed by atoms with Crippen LogP contribution in [0.4, 0.5) is 5.69 Å². The van der Waals surface area contributed by atoms with Crippen molar-refractivity contribution < 1.29 is 14.3 Å². The highest BCUT2D eigenvalue weighted by Gasteiger charge is 2.53.